The van der Waals surface area contributed by atoms with Crippen LogP contribution < -0.4 is 5.32 Å². The molecular weight excluding hydrogens is 282 g/mol. The molecule has 0 aliphatic heterocycles. The van der Waals surface area contributed by atoms with E-state index < -0.39 is 6.10 Å². The predicted molar refractivity (Wildman–Crippen MR) is 79.2 cm³/mol. The van der Waals surface area contributed by atoms with Crippen LogP contribution in [-0.2, 0) is 0 Å². The summed E-state index contributed by atoms with van der Waals surface area (Å²) >= 11 is 0. The van der Waals surface area contributed by atoms with Crippen LogP contribution in [0, 0.1) is 0 Å². The van der Waals surface area contributed by atoms with Crippen LogP contribution in [-0.4, -0.2) is 43.1 Å². The van der Waals surface area contributed by atoms with Crippen molar-refractivity contribution in [2.24, 2.45) is 0 Å². The second kappa shape index (κ2) is 4.96. The molecule has 0 spiro atoms. The molecule has 3 N–H and O–H groups in total. The number of hydrogen-bond acceptors (Lipinski definition) is 4. The third-order valence-electron chi connectivity index (χ3n) is 4.13. The molecule has 1 amide bonds. The predicted octanol–water partition coefficient (Wildman–Crippen LogP) is 0.864. The first kappa shape index (κ1) is 13.0. The molecule has 2 aromatic heterocycles. The Morgan fingerprint density at radius 3 is 3.00 bits per heavy atom. The van der Waals surface area contributed by atoms with Crippen LogP contribution in [0.5, 0.6) is 0 Å². The number of H-pyrrole nitrogens is 1. The van der Waals surface area contributed by atoms with Gasteiger partial charge < -0.3 is 10.4 Å². The third-order valence-corrected chi connectivity index (χ3v) is 4.13. The van der Waals surface area contributed by atoms with Gasteiger partial charge in [0.15, 0.2) is 5.69 Å². The Hall–Kier alpha value is -2.67. The number of carbonyl (C=O) groups excluding carboxylic acids is 1. The molecule has 7 heteroatoms. The van der Waals surface area contributed by atoms with Crippen molar-refractivity contribution in [3.8, 4) is 0 Å². The van der Waals surface area contributed by atoms with Crippen molar-refractivity contribution in [3.63, 3.8) is 0 Å². The Bertz CT molecular complexity index is 810. The molecule has 3 aromatic rings. The summed E-state index contributed by atoms with van der Waals surface area (Å²) in [5.74, 6) is -0.244. The molecule has 7 nitrogen and oxygen atoms in total. The number of benzene rings is 1. The lowest BCUT2D eigenvalue weighted by atomic mass is 9.83. The van der Waals surface area contributed by atoms with Crippen LogP contribution in [0.2, 0.25) is 0 Å². The zero-order valence-electron chi connectivity index (χ0n) is 11.7. The molecule has 1 aliphatic rings. The van der Waals surface area contributed by atoms with Crippen LogP contribution in [0.15, 0.2) is 42.7 Å². The molecule has 1 aliphatic carbocycles. The van der Waals surface area contributed by atoms with E-state index in [1.165, 1.54) is 0 Å². The Labute approximate surface area is 125 Å². The van der Waals surface area contributed by atoms with Gasteiger partial charge in [0.1, 0.15) is 0 Å². The maximum absolute atomic E-state index is 12.4. The second-order valence-electron chi connectivity index (χ2n) is 5.48. The Morgan fingerprint density at radius 1 is 1.36 bits per heavy atom. The summed E-state index contributed by atoms with van der Waals surface area (Å²) in [5, 5.41) is 24.7. The van der Waals surface area contributed by atoms with Gasteiger partial charge in [-0.25, -0.2) is 0 Å². The average molecular weight is 297 g/mol. The summed E-state index contributed by atoms with van der Waals surface area (Å²) < 4.78 is 1.68. The summed E-state index contributed by atoms with van der Waals surface area (Å²) in [6, 6.07) is 8.90. The maximum Gasteiger partial charge on any atom is 0.272 e. The number of nitrogens with one attached hydrogen (secondary N) is 2. The number of amides is 1. The van der Waals surface area contributed by atoms with Gasteiger partial charge in [-0.2, -0.15) is 10.2 Å². The van der Waals surface area contributed by atoms with Crippen molar-refractivity contribution < 1.29 is 9.90 Å². The highest BCUT2D eigenvalue weighted by molar-refractivity contribution is 6.04. The van der Waals surface area contributed by atoms with Crippen LogP contribution >= 0.6 is 0 Å². The smallest absolute Gasteiger partial charge is 0.272 e. The van der Waals surface area contributed by atoms with Gasteiger partial charge in [0.2, 0.25) is 0 Å². The van der Waals surface area contributed by atoms with Crippen molar-refractivity contribution >= 4 is 16.8 Å². The van der Waals surface area contributed by atoms with E-state index in [-0.39, 0.29) is 18.0 Å². The first-order chi connectivity index (χ1) is 10.7. The molecule has 0 unspecified atom stereocenters. The van der Waals surface area contributed by atoms with Crippen LogP contribution in [0.1, 0.15) is 23.0 Å². The van der Waals surface area contributed by atoms with Crippen LogP contribution in [0.4, 0.5) is 0 Å². The lowest BCUT2D eigenvalue weighted by Gasteiger charge is -2.41. The Balaban J connectivity index is 1.55. The first-order valence-electron chi connectivity index (χ1n) is 7.15. The van der Waals surface area contributed by atoms with Crippen molar-refractivity contribution in [1.29, 1.82) is 0 Å². The highest BCUT2D eigenvalue weighted by Gasteiger charge is 2.43. The minimum Gasteiger partial charge on any atom is -0.391 e. The summed E-state index contributed by atoms with van der Waals surface area (Å²) in [4.78, 5) is 12.4. The standard InChI is InChI=1S/C15H15N5O2/c21-12-8-11(14(12)20-7-3-6-16-20)17-15(22)13-9-4-1-2-5-10(9)18-19-13/h1-7,11-12,14,21H,8H2,(H,17,22)(H,18,19)/t11-,12+,14+/m0/s1. The largest absolute Gasteiger partial charge is 0.391 e. The number of rotatable bonds is 3. The van der Waals surface area contributed by atoms with E-state index in [2.05, 4.69) is 20.6 Å². The molecule has 4 rings (SSSR count). The van der Waals surface area contributed by atoms with Gasteiger partial charge in [-0.15, -0.1) is 0 Å². The average Bonchev–Trinajstić information content (AvgIpc) is 3.15. The summed E-state index contributed by atoms with van der Waals surface area (Å²) in [5.41, 5.74) is 1.20. The van der Waals surface area contributed by atoms with Crippen LogP contribution in [0.3, 0.4) is 0 Å². The molecule has 0 saturated heterocycles. The number of aromatic nitrogens is 4. The van der Waals surface area contributed by atoms with E-state index in [0.29, 0.717) is 12.1 Å². The normalized spacial score (nSPS) is 24.1. The van der Waals surface area contributed by atoms with Crippen molar-refractivity contribution in [2.75, 3.05) is 0 Å². The zero-order valence-corrected chi connectivity index (χ0v) is 11.7. The molecular formula is C15H15N5O2. The van der Waals surface area contributed by atoms with Gasteiger partial charge in [0.25, 0.3) is 5.91 Å². The van der Waals surface area contributed by atoms with E-state index in [4.69, 9.17) is 0 Å². The fraction of sp³-hybridized carbons (Fsp3) is 0.267. The lowest BCUT2D eigenvalue weighted by Crippen LogP contribution is -2.56. The molecule has 1 fully saturated rings. The molecule has 1 aromatic carbocycles. The number of nitrogens with zero attached hydrogens (tertiary/aromatic N) is 3. The minimum atomic E-state index is -0.499. The van der Waals surface area contributed by atoms with E-state index >= 15 is 0 Å². The summed E-state index contributed by atoms with van der Waals surface area (Å²) in [7, 11) is 0. The number of aliphatic hydroxyl groups is 1. The number of carbonyl (C=O) groups is 1. The molecule has 0 radical (unpaired) electrons. The SMILES string of the molecule is O=C(N[C@H]1C[C@@H](O)[C@@H]1n1cccn1)c1n[nH]c2ccccc12. The maximum atomic E-state index is 12.4. The molecule has 112 valence electrons. The third kappa shape index (κ3) is 1.98. The molecule has 1 saturated carbocycles. The number of aromatic amines is 1. The second-order valence-corrected chi connectivity index (χ2v) is 5.48. The topological polar surface area (TPSA) is 95.8 Å². The Morgan fingerprint density at radius 2 is 2.23 bits per heavy atom. The fourth-order valence-electron chi connectivity index (χ4n) is 2.95. The highest BCUT2D eigenvalue weighted by Crippen LogP contribution is 2.32. The Kier molecular flexibility index (Phi) is 2.93. The van der Waals surface area contributed by atoms with Gasteiger partial charge in [-0.05, 0) is 18.6 Å². The molecule has 2 heterocycles. The molecule has 0 bridgehead atoms. The quantitative estimate of drug-likeness (QED) is 0.668. The fourth-order valence-corrected chi connectivity index (χ4v) is 2.95. The lowest BCUT2D eigenvalue weighted by molar-refractivity contribution is -0.00592. The van der Waals surface area contributed by atoms with E-state index in [1.54, 1.807) is 23.1 Å². The number of para-hydroxylation sites is 1. The van der Waals surface area contributed by atoms with Gasteiger partial charge in [-0.3, -0.25) is 14.6 Å². The monoisotopic (exact) mass is 297 g/mol. The number of aliphatic hydroxyl groups excluding tert-OH is 1. The van der Waals surface area contributed by atoms with Crippen LogP contribution in [0.25, 0.3) is 10.9 Å². The van der Waals surface area contributed by atoms with Gasteiger partial charge >= 0.3 is 0 Å². The summed E-state index contributed by atoms with van der Waals surface area (Å²) in [6.07, 6.45) is 3.46. The zero-order chi connectivity index (χ0) is 15.1. The van der Waals surface area contributed by atoms with E-state index in [0.717, 1.165) is 10.9 Å². The highest BCUT2D eigenvalue weighted by atomic mass is 16.3. The first-order valence-corrected chi connectivity index (χ1v) is 7.15. The summed E-state index contributed by atoms with van der Waals surface area (Å²) in [6.45, 7) is 0. The van der Waals surface area contributed by atoms with Gasteiger partial charge in [0.05, 0.1) is 23.7 Å². The minimum absolute atomic E-state index is 0.155. The van der Waals surface area contributed by atoms with Crippen molar-refractivity contribution in [3.05, 3.63) is 48.4 Å². The number of fused-ring (bicyclic) bond motifs is 1. The van der Waals surface area contributed by atoms with Crippen molar-refractivity contribution in [2.45, 2.75) is 24.6 Å². The van der Waals surface area contributed by atoms with Gasteiger partial charge in [-0.1, -0.05) is 18.2 Å². The van der Waals surface area contributed by atoms with E-state index in [9.17, 15) is 9.90 Å². The molecule has 3 atom stereocenters. The number of hydrogen-bond donors (Lipinski definition) is 3. The van der Waals surface area contributed by atoms with E-state index in [1.807, 2.05) is 24.3 Å². The van der Waals surface area contributed by atoms with Crippen molar-refractivity contribution in [1.82, 2.24) is 25.3 Å². The molecule has 22 heavy (non-hydrogen) atoms. The van der Waals surface area contributed by atoms with Gasteiger partial charge in [0, 0.05) is 17.8 Å².